The highest BCUT2D eigenvalue weighted by atomic mass is 79.9. The minimum atomic E-state index is -1.11. The smallest absolute Gasteiger partial charge is 0.326 e. The van der Waals surface area contributed by atoms with E-state index in [2.05, 4.69) is 27.8 Å². The summed E-state index contributed by atoms with van der Waals surface area (Å²) in [6.45, 7) is 3.28. The van der Waals surface area contributed by atoms with E-state index < -0.39 is 17.9 Å². The predicted molar refractivity (Wildman–Crippen MR) is 77.4 cm³/mol. The molecule has 2 N–H and O–H groups in total. The Morgan fingerprint density at radius 3 is 2.80 bits per heavy atom. The van der Waals surface area contributed by atoms with Gasteiger partial charge in [-0.15, -0.1) is 6.58 Å². The van der Waals surface area contributed by atoms with Crippen molar-refractivity contribution in [3.8, 4) is 0 Å². The number of rotatable bonds is 7. The van der Waals surface area contributed by atoms with E-state index in [0.29, 0.717) is 10.9 Å². The maximum Gasteiger partial charge on any atom is 0.326 e. The molecule has 108 valence electrons. The second-order valence-corrected chi connectivity index (χ2v) is 5.05. The second kappa shape index (κ2) is 7.64. The van der Waals surface area contributed by atoms with Crippen LogP contribution < -0.4 is 10.9 Å². The van der Waals surface area contributed by atoms with Crippen LogP contribution in [0.3, 0.4) is 0 Å². The molecule has 0 spiro atoms. The van der Waals surface area contributed by atoms with Crippen LogP contribution in [0.25, 0.3) is 0 Å². The zero-order valence-corrected chi connectivity index (χ0v) is 12.3. The summed E-state index contributed by atoms with van der Waals surface area (Å²) in [6.07, 6.45) is 3.80. The van der Waals surface area contributed by atoms with E-state index >= 15 is 0 Å². The number of hydrogen-bond donors (Lipinski definition) is 2. The third kappa shape index (κ3) is 5.00. The van der Waals surface area contributed by atoms with Gasteiger partial charge in [0.1, 0.15) is 12.6 Å². The number of nitrogens with zero attached hydrogens (tertiary/aromatic N) is 1. The predicted octanol–water partition coefficient (Wildman–Crippen LogP) is 1.15. The van der Waals surface area contributed by atoms with Gasteiger partial charge in [-0.25, -0.2) is 4.79 Å². The van der Waals surface area contributed by atoms with Gasteiger partial charge in [0.05, 0.1) is 0 Å². The Morgan fingerprint density at radius 2 is 2.20 bits per heavy atom. The van der Waals surface area contributed by atoms with Crippen LogP contribution in [0.15, 0.2) is 40.3 Å². The molecule has 0 saturated carbocycles. The highest BCUT2D eigenvalue weighted by Crippen LogP contribution is 2.05. The molecule has 1 amide bonds. The van der Waals surface area contributed by atoms with Crippen molar-refractivity contribution >= 4 is 27.8 Å². The van der Waals surface area contributed by atoms with Crippen LogP contribution in [0.5, 0.6) is 0 Å². The summed E-state index contributed by atoms with van der Waals surface area (Å²) in [6, 6.07) is 1.91. The first kappa shape index (κ1) is 16.2. The summed E-state index contributed by atoms with van der Waals surface area (Å²) >= 11 is 3.20. The van der Waals surface area contributed by atoms with Crippen LogP contribution in [0.2, 0.25) is 0 Å². The highest BCUT2D eigenvalue weighted by Gasteiger charge is 2.19. The Hall–Kier alpha value is -1.89. The monoisotopic (exact) mass is 342 g/mol. The maximum absolute atomic E-state index is 11.8. The molecule has 20 heavy (non-hydrogen) atoms. The van der Waals surface area contributed by atoms with Crippen molar-refractivity contribution < 1.29 is 14.7 Å². The molecule has 1 rings (SSSR count). The summed E-state index contributed by atoms with van der Waals surface area (Å²) in [4.78, 5) is 34.3. The van der Waals surface area contributed by atoms with E-state index in [1.807, 2.05) is 0 Å². The van der Waals surface area contributed by atoms with Crippen LogP contribution in [-0.4, -0.2) is 27.6 Å². The van der Waals surface area contributed by atoms with Gasteiger partial charge < -0.3 is 15.0 Å². The molecule has 1 aromatic heterocycles. The summed E-state index contributed by atoms with van der Waals surface area (Å²) in [5.41, 5.74) is -0.332. The third-order valence-corrected chi connectivity index (χ3v) is 3.02. The van der Waals surface area contributed by atoms with Gasteiger partial charge in [-0.2, -0.15) is 0 Å². The Kier molecular flexibility index (Phi) is 6.17. The van der Waals surface area contributed by atoms with Gasteiger partial charge in [-0.1, -0.05) is 6.08 Å². The molecule has 1 atom stereocenters. The van der Waals surface area contributed by atoms with E-state index in [4.69, 9.17) is 5.11 Å². The average molecular weight is 343 g/mol. The number of aliphatic carboxylic acids is 1. The molecular formula is C13H15BrN2O4. The van der Waals surface area contributed by atoms with Gasteiger partial charge in [-0.05, 0) is 34.8 Å². The lowest BCUT2D eigenvalue weighted by Gasteiger charge is -2.14. The number of hydrogen-bond acceptors (Lipinski definition) is 3. The van der Waals surface area contributed by atoms with Crippen LogP contribution >= 0.6 is 15.9 Å². The van der Waals surface area contributed by atoms with E-state index in [-0.39, 0.29) is 18.5 Å². The number of pyridine rings is 1. The van der Waals surface area contributed by atoms with Crippen LogP contribution in [0.1, 0.15) is 12.8 Å². The van der Waals surface area contributed by atoms with E-state index in [1.54, 1.807) is 12.1 Å². The molecule has 1 aromatic rings. The largest absolute Gasteiger partial charge is 0.480 e. The number of carboxylic acids is 1. The van der Waals surface area contributed by atoms with Crippen molar-refractivity contribution in [1.82, 2.24) is 9.88 Å². The average Bonchev–Trinajstić information content (AvgIpc) is 2.38. The van der Waals surface area contributed by atoms with Crippen molar-refractivity contribution in [3.05, 3.63) is 45.8 Å². The SMILES string of the molecule is C=CCCC(NC(=O)Cn1cc(Br)ccc1=O)C(=O)O. The fraction of sp³-hybridized carbons (Fsp3) is 0.308. The van der Waals surface area contributed by atoms with E-state index in [9.17, 15) is 14.4 Å². The molecule has 0 aliphatic carbocycles. The van der Waals surface area contributed by atoms with Crippen molar-refractivity contribution in [1.29, 1.82) is 0 Å². The van der Waals surface area contributed by atoms with Crippen LogP contribution in [-0.2, 0) is 16.1 Å². The van der Waals surface area contributed by atoms with Gasteiger partial charge in [0, 0.05) is 16.7 Å². The Balaban J connectivity index is 2.70. The number of allylic oxidation sites excluding steroid dienone is 1. The standard InChI is InChI=1S/C13H15BrN2O4/c1-2-3-4-10(13(19)20)15-11(17)8-16-7-9(14)5-6-12(16)18/h2,5-7,10H,1,3-4,8H2,(H,15,17)(H,19,20). The molecule has 1 heterocycles. The molecule has 0 bridgehead atoms. The second-order valence-electron chi connectivity index (χ2n) is 4.14. The molecule has 0 saturated heterocycles. The molecular weight excluding hydrogens is 328 g/mol. The number of carboxylic acid groups (broad SMARTS) is 1. The topological polar surface area (TPSA) is 88.4 Å². The zero-order chi connectivity index (χ0) is 15.1. The number of nitrogens with one attached hydrogen (secondary N) is 1. The fourth-order valence-electron chi connectivity index (χ4n) is 1.56. The van der Waals surface area contributed by atoms with E-state index in [0.717, 1.165) is 0 Å². The minimum absolute atomic E-state index is 0.226. The van der Waals surface area contributed by atoms with Crippen molar-refractivity contribution in [2.24, 2.45) is 0 Å². The number of carbonyl (C=O) groups is 2. The zero-order valence-electron chi connectivity index (χ0n) is 10.7. The quantitative estimate of drug-likeness (QED) is 0.727. The van der Waals surface area contributed by atoms with Crippen molar-refractivity contribution in [2.75, 3.05) is 0 Å². The summed E-state index contributed by atoms with van der Waals surface area (Å²) in [7, 11) is 0. The molecule has 0 aromatic carbocycles. The first-order valence-electron chi connectivity index (χ1n) is 5.93. The number of amides is 1. The van der Waals surface area contributed by atoms with E-state index in [1.165, 1.54) is 16.8 Å². The Morgan fingerprint density at radius 1 is 1.50 bits per heavy atom. The molecule has 0 aliphatic rings. The molecule has 7 heteroatoms. The molecule has 0 radical (unpaired) electrons. The lowest BCUT2D eigenvalue weighted by atomic mass is 10.1. The van der Waals surface area contributed by atoms with Gasteiger partial charge in [0.25, 0.3) is 5.56 Å². The lowest BCUT2D eigenvalue weighted by molar-refractivity contribution is -0.142. The molecule has 1 unspecified atom stereocenters. The van der Waals surface area contributed by atoms with Crippen LogP contribution in [0, 0.1) is 0 Å². The summed E-state index contributed by atoms with van der Waals surface area (Å²) in [5, 5.41) is 11.4. The highest BCUT2D eigenvalue weighted by molar-refractivity contribution is 9.10. The van der Waals surface area contributed by atoms with Gasteiger partial charge in [0.2, 0.25) is 5.91 Å². The lowest BCUT2D eigenvalue weighted by Crippen LogP contribution is -2.43. The number of carbonyl (C=O) groups excluding carboxylic acids is 1. The minimum Gasteiger partial charge on any atom is -0.480 e. The Labute approximate surface area is 124 Å². The van der Waals surface area contributed by atoms with Crippen LogP contribution in [0.4, 0.5) is 0 Å². The fourth-order valence-corrected chi connectivity index (χ4v) is 1.94. The van der Waals surface area contributed by atoms with Crippen molar-refractivity contribution in [2.45, 2.75) is 25.4 Å². The number of aromatic nitrogens is 1. The normalized spacial score (nSPS) is 11.7. The maximum atomic E-state index is 11.8. The first-order valence-corrected chi connectivity index (χ1v) is 6.72. The Bertz CT molecular complexity index is 568. The van der Waals surface area contributed by atoms with Gasteiger partial charge in [0.15, 0.2) is 0 Å². The summed E-state index contributed by atoms with van der Waals surface area (Å²) in [5.74, 6) is -1.64. The molecule has 0 fully saturated rings. The van der Waals surface area contributed by atoms with Crippen molar-refractivity contribution in [3.63, 3.8) is 0 Å². The third-order valence-electron chi connectivity index (χ3n) is 2.55. The van der Waals surface area contributed by atoms with Gasteiger partial charge >= 0.3 is 5.97 Å². The number of halogens is 1. The van der Waals surface area contributed by atoms with Gasteiger partial charge in [-0.3, -0.25) is 9.59 Å². The summed E-state index contributed by atoms with van der Waals surface area (Å²) < 4.78 is 1.86. The molecule has 0 aliphatic heterocycles. The first-order chi connectivity index (χ1) is 9.43. The molecule has 6 nitrogen and oxygen atoms in total.